The average Bonchev–Trinajstić information content (AvgIpc) is 3.02. The molecule has 0 unspecified atom stereocenters. The van der Waals surface area contributed by atoms with Crippen LogP contribution in [0.1, 0.15) is 5.69 Å². The lowest BCUT2D eigenvalue weighted by molar-refractivity contribution is 0.603. The maximum atomic E-state index is 14.2. The summed E-state index contributed by atoms with van der Waals surface area (Å²) in [4.78, 5) is 4.51. The monoisotopic (exact) mass is 332 g/mol. The molecule has 0 amide bonds. The molecule has 0 fully saturated rings. The van der Waals surface area contributed by atoms with Gasteiger partial charge in [0.15, 0.2) is 10.8 Å². The zero-order valence-corrected chi connectivity index (χ0v) is 13.0. The first-order valence-corrected chi connectivity index (χ1v) is 7.96. The summed E-state index contributed by atoms with van der Waals surface area (Å²) in [6.07, 6.45) is 0. The van der Waals surface area contributed by atoms with Crippen LogP contribution >= 0.6 is 23.1 Å². The quantitative estimate of drug-likeness (QED) is 0.608. The van der Waals surface area contributed by atoms with Gasteiger partial charge >= 0.3 is 0 Å². The molecule has 110 valence electrons. The third-order valence-electron chi connectivity index (χ3n) is 3.03. The fourth-order valence-electron chi connectivity index (χ4n) is 2.05. The van der Waals surface area contributed by atoms with E-state index in [1.165, 1.54) is 29.2 Å². The zero-order valence-electron chi connectivity index (χ0n) is 11.3. The van der Waals surface area contributed by atoms with Crippen LogP contribution in [0, 0.1) is 12.7 Å². The van der Waals surface area contributed by atoms with Crippen LogP contribution in [0.15, 0.2) is 34.3 Å². The molecule has 1 aromatic carbocycles. The number of thiazole rings is 1. The number of fused-ring (bicyclic) bond motifs is 2. The van der Waals surface area contributed by atoms with Gasteiger partial charge in [-0.1, -0.05) is 11.3 Å². The summed E-state index contributed by atoms with van der Waals surface area (Å²) in [7, 11) is 0. The van der Waals surface area contributed by atoms with Crippen LogP contribution in [-0.2, 0) is 0 Å². The maximum Gasteiger partial charge on any atom is 0.217 e. The topological polar surface area (TPSA) is 82.0 Å². The van der Waals surface area contributed by atoms with Crippen molar-refractivity contribution in [2.24, 2.45) is 0 Å². The van der Waals surface area contributed by atoms with Gasteiger partial charge in [-0.05, 0) is 36.9 Å². The van der Waals surface area contributed by atoms with Crippen molar-refractivity contribution in [1.82, 2.24) is 24.8 Å². The molecule has 0 aliphatic heterocycles. The molecule has 2 N–H and O–H groups in total. The van der Waals surface area contributed by atoms with Crippen molar-refractivity contribution < 1.29 is 4.39 Å². The number of benzene rings is 1. The number of hydrogen-bond acceptors (Lipinski definition) is 7. The van der Waals surface area contributed by atoms with E-state index in [0.29, 0.717) is 26.3 Å². The Hall–Kier alpha value is -2.26. The molecule has 22 heavy (non-hydrogen) atoms. The second kappa shape index (κ2) is 4.89. The molecule has 0 radical (unpaired) electrons. The van der Waals surface area contributed by atoms with Gasteiger partial charge in [-0.3, -0.25) is 0 Å². The second-order valence-electron chi connectivity index (χ2n) is 4.63. The molecule has 6 nitrogen and oxygen atoms in total. The van der Waals surface area contributed by atoms with Crippen LogP contribution in [0.2, 0.25) is 0 Å². The van der Waals surface area contributed by atoms with E-state index in [4.69, 9.17) is 5.73 Å². The predicted octanol–water partition coefficient (Wildman–Crippen LogP) is 2.91. The molecule has 0 spiro atoms. The van der Waals surface area contributed by atoms with Crippen molar-refractivity contribution in [2.75, 3.05) is 5.73 Å². The molecule has 0 saturated heterocycles. The highest BCUT2D eigenvalue weighted by atomic mass is 32.2. The van der Waals surface area contributed by atoms with Crippen LogP contribution in [0.4, 0.5) is 9.52 Å². The van der Waals surface area contributed by atoms with Crippen molar-refractivity contribution in [3.8, 4) is 0 Å². The number of nitrogens with zero attached hydrogens (tertiary/aromatic N) is 5. The van der Waals surface area contributed by atoms with Crippen LogP contribution < -0.4 is 5.73 Å². The minimum Gasteiger partial charge on any atom is -0.375 e. The van der Waals surface area contributed by atoms with E-state index in [1.54, 1.807) is 10.6 Å². The third kappa shape index (κ3) is 2.18. The van der Waals surface area contributed by atoms with E-state index in [1.807, 2.05) is 19.1 Å². The van der Waals surface area contributed by atoms with Gasteiger partial charge in [0.05, 0.1) is 20.8 Å². The van der Waals surface area contributed by atoms with Gasteiger partial charge < -0.3 is 5.73 Å². The fourth-order valence-corrected chi connectivity index (χ4v) is 3.71. The largest absolute Gasteiger partial charge is 0.375 e. The molecule has 3 aromatic heterocycles. The van der Waals surface area contributed by atoms with Crippen molar-refractivity contribution in [2.45, 2.75) is 17.0 Å². The Morgan fingerprint density at radius 1 is 1.27 bits per heavy atom. The molecule has 0 atom stereocenters. The van der Waals surface area contributed by atoms with Gasteiger partial charge in [-0.2, -0.15) is 9.61 Å². The first-order valence-electron chi connectivity index (χ1n) is 6.32. The Bertz CT molecular complexity index is 1010. The van der Waals surface area contributed by atoms with Crippen LogP contribution in [0.5, 0.6) is 0 Å². The molecular formula is C13H9FN6S2. The van der Waals surface area contributed by atoms with E-state index >= 15 is 0 Å². The predicted molar refractivity (Wildman–Crippen MR) is 83.6 cm³/mol. The fraction of sp³-hybridized carbons (Fsp3) is 0.0769. The molecule has 0 aliphatic rings. The number of aryl methyl sites for hydroxylation is 1. The Labute approximate surface area is 132 Å². The molecule has 0 aliphatic carbocycles. The van der Waals surface area contributed by atoms with Crippen molar-refractivity contribution >= 4 is 44.1 Å². The van der Waals surface area contributed by atoms with E-state index in [0.717, 1.165) is 10.4 Å². The van der Waals surface area contributed by atoms with Gasteiger partial charge in [-0.15, -0.1) is 10.2 Å². The van der Waals surface area contributed by atoms with Crippen molar-refractivity contribution in [1.29, 1.82) is 0 Å². The average molecular weight is 332 g/mol. The van der Waals surface area contributed by atoms with Crippen molar-refractivity contribution in [3.05, 3.63) is 35.8 Å². The molecule has 0 saturated carbocycles. The number of halogens is 1. The number of anilines is 1. The Morgan fingerprint density at radius 2 is 2.14 bits per heavy atom. The second-order valence-corrected chi connectivity index (χ2v) is 6.70. The summed E-state index contributed by atoms with van der Waals surface area (Å²) in [5.74, 6) is -0.368. The van der Waals surface area contributed by atoms with Crippen LogP contribution in [0.25, 0.3) is 15.9 Å². The van der Waals surface area contributed by atoms with E-state index in [2.05, 4.69) is 20.3 Å². The minimum absolute atomic E-state index is 0.368. The smallest absolute Gasteiger partial charge is 0.217 e. The van der Waals surface area contributed by atoms with Gasteiger partial charge in [0.25, 0.3) is 0 Å². The third-order valence-corrected chi connectivity index (χ3v) is 4.84. The van der Waals surface area contributed by atoms with Crippen LogP contribution in [-0.4, -0.2) is 24.8 Å². The van der Waals surface area contributed by atoms with E-state index in [-0.39, 0.29) is 5.82 Å². The molecule has 4 aromatic rings. The summed E-state index contributed by atoms with van der Waals surface area (Å²) in [6.45, 7) is 1.88. The summed E-state index contributed by atoms with van der Waals surface area (Å²) in [6, 6.07) is 6.78. The van der Waals surface area contributed by atoms with E-state index < -0.39 is 0 Å². The molecule has 0 bridgehead atoms. The first-order chi connectivity index (χ1) is 10.6. The lowest BCUT2D eigenvalue weighted by Crippen LogP contribution is -1.95. The summed E-state index contributed by atoms with van der Waals surface area (Å²) in [5, 5.41) is 13.4. The molecule has 9 heteroatoms. The summed E-state index contributed by atoms with van der Waals surface area (Å²) in [5.41, 5.74) is 7.67. The van der Waals surface area contributed by atoms with Gasteiger partial charge in [0.1, 0.15) is 5.82 Å². The van der Waals surface area contributed by atoms with Crippen LogP contribution in [0.3, 0.4) is 0 Å². The standard InChI is InChI=1S/C13H9FN6S2/c1-6-2-3-11-17-18-13(20(11)19-6)22-9-5-10-8(4-7(9)14)16-12(15)21-10/h2-5H,1H3,(H2,15,16). The summed E-state index contributed by atoms with van der Waals surface area (Å²) < 4.78 is 16.7. The lowest BCUT2D eigenvalue weighted by atomic mass is 10.3. The number of aromatic nitrogens is 5. The highest BCUT2D eigenvalue weighted by Gasteiger charge is 2.14. The summed E-state index contributed by atoms with van der Waals surface area (Å²) >= 11 is 2.49. The first kappa shape index (κ1) is 13.4. The SMILES string of the molecule is Cc1ccc2nnc(Sc3cc4sc(N)nc4cc3F)n2n1. The number of hydrogen-bond donors (Lipinski definition) is 1. The number of nitrogens with two attached hydrogens (primary N) is 1. The Balaban J connectivity index is 1.81. The number of rotatable bonds is 2. The Morgan fingerprint density at radius 3 is 3.00 bits per heavy atom. The zero-order chi connectivity index (χ0) is 15.3. The minimum atomic E-state index is -0.368. The highest BCUT2D eigenvalue weighted by Crippen LogP contribution is 2.34. The Kier molecular flexibility index (Phi) is 2.98. The molecular weight excluding hydrogens is 323 g/mol. The maximum absolute atomic E-state index is 14.2. The van der Waals surface area contributed by atoms with Gasteiger partial charge in [0, 0.05) is 6.07 Å². The highest BCUT2D eigenvalue weighted by molar-refractivity contribution is 7.99. The normalized spacial score (nSPS) is 11.5. The van der Waals surface area contributed by atoms with Gasteiger partial charge in [0.2, 0.25) is 5.16 Å². The van der Waals surface area contributed by atoms with Crippen molar-refractivity contribution in [3.63, 3.8) is 0 Å². The van der Waals surface area contributed by atoms with Gasteiger partial charge in [-0.25, -0.2) is 9.37 Å². The number of nitrogen functional groups attached to an aromatic ring is 1. The molecule has 4 rings (SSSR count). The van der Waals surface area contributed by atoms with E-state index in [9.17, 15) is 4.39 Å². The molecule has 3 heterocycles. The lowest BCUT2D eigenvalue weighted by Gasteiger charge is -2.02.